The number of hydrogen-bond donors (Lipinski definition) is 1. The van der Waals surface area contributed by atoms with Crippen LogP contribution in [-0.2, 0) is 9.53 Å². The molecule has 0 radical (unpaired) electrons. The third-order valence-electron chi connectivity index (χ3n) is 2.15. The Balaban J connectivity index is 2.86. The first kappa shape index (κ1) is 14.6. The van der Waals surface area contributed by atoms with E-state index >= 15 is 0 Å². The first-order valence-electron chi connectivity index (χ1n) is 5.54. The highest BCUT2D eigenvalue weighted by atomic mass is 16.6. The van der Waals surface area contributed by atoms with Gasteiger partial charge in [-0.3, -0.25) is 14.9 Å². The van der Waals surface area contributed by atoms with Crippen LogP contribution in [0.5, 0.6) is 0 Å². The minimum absolute atomic E-state index is 0.0429. The highest BCUT2D eigenvalue weighted by Gasteiger charge is 2.16. The molecule has 1 rings (SSSR count). The van der Waals surface area contributed by atoms with Crippen LogP contribution in [0.2, 0.25) is 0 Å². The molecule has 19 heavy (non-hydrogen) atoms. The van der Waals surface area contributed by atoms with Gasteiger partial charge in [-0.25, -0.2) is 0 Å². The quantitative estimate of drug-likeness (QED) is 0.644. The van der Waals surface area contributed by atoms with Crippen LogP contribution >= 0.6 is 0 Å². The molecule has 0 aliphatic heterocycles. The lowest BCUT2D eigenvalue weighted by Crippen LogP contribution is -2.21. The Hall–Kier alpha value is -2.46. The van der Waals surface area contributed by atoms with Crippen molar-refractivity contribution in [2.45, 2.75) is 20.0 Å². The number of amides is 1. The van der Waals surface area contributed by atoms with E-state index in [0.717, 1.165) is 6.07 Å². The first-order chi connectivity index (χ1) is 8.93. The lowest BCUT2D eigenvalue weighted by atomic mass is 10.2. The summed E-state index contributed by atoms with van der Waals surface area (Å²) in [7, 11) is 0. The number of nitrogens with zero attached hydrogens (tertiary/aromatic N) is 2. The zero-order valence-corrected chi connectivity index (χ0v) is 10.5. The van der Waals surface area contributed by atoms with Gasteiger partial charge in [0.15, 0.2) is 0 Å². The number of benzene rings is 1. The molecule has 0 aromatic heterocycles. The molecule has 0 saturated heterocycles. The van der Waals surface area contributed by atoms with Crippen LogP contribution in [0.15, 0.2) is 18.2 Å². The Labute approximate surface area is 109 Å². The van der Waals surface area contributed by atoms with Gasteiger partial charge in [-0.05, 0) is 26.0 Å². The van der Waals surface area contributed by atoms with Crippen LogP contribution in [-0.4, -0.2) is 23.5 Å². The van der Waals surface area contributed by atoms with Crippen molar-refractivity contribution in [3.05, 3.63) is 33.9 Å². The average molecular weight is 263 g/mol. The summed E-state index contributed by atoms with van der Waals surface area (Å²) in [5, 5.41) is 21.9. The Morgan fingerprint density at radius 1 is 1.58 bits per heavy atom. The number of nitro benzene ring substituents is 1. The van der Waals surface area contributed by atoms with Gasteiger partial charge >= 0.3 is 0 Å². The number of rotatable bonds is 5. The number of nitrogens with one attached hydrogen (secondary N) is 1. The number of nitriles is 1. The van der Waals surface area contributed by atoms with Crippen molar-refractivity contribution < 1.29 is 14.5 Å². The summed E-state index contributed by atoms with van der Waals surface area (Å²) in [6.45, 7) is 3.36. The third kappa shape index (κ3) is 4.37. The summed E-state index contributed by atoms with van der Waals surface area (Å²) < 4.78 is 5.09. The van der Waals surface area contributed by atoms with Crippen LogP contribution in [0.3, 0.4) is 0 Å². The van der Waals surface area contributed by atoms with Gasteiger partial charge in [-0.1, -0.05) is 0 Å². The van der Waals surface area contributed by atoms with Gasteiger partial charge in [0, 0.05) is 6.07 Å². The fourth-order valence-corrected chi connectivity index (χ4v) is 1.29. The fourth-order valence-electron chi connectivity index (χ4n) is 1.29. The fraction of sp³-hybridized carbons (Fsp3) is 0.333. The predicted octanol–water partition coefficient (Wildman–Crippen LogP) is 1.83. The van der Waals surface area contributed by atoms with Crippen LogP contribution in [0.25, 0.3) is 0 Å². The van der Waals surface area contributed by atoms with Crippen molar-refractivity contribution in [3.63, 3.8) is 0 Å². The summed E-state index contributed by atoms with van der Waals surface area (Å²) in [6, 6.07) is 5.63. The molecule has 0 atom stereocenters. The highest BCUT2D eigenvalue weighted by Crippen LogP contribution is 2.25. The van der Waals surface area contributed by atoms with Gasteiger partial charge in [-0.2, -0.15) is 5.26 Å². The van der Waals surface area contributed by atoms with Gasteiger partial charge in [0.05, 0.1) is 22.7 Å². The third-order valence-corrected chi connectivity index (χ3v) is 2.15. The van der Waals surface area contributed by atoms with E-state index in [0.29, 0.717) is 0 Å². The Morgan fingerprint density at radius 2 is 2.26 bits per heavy atom. The van der Waals surface area contributed by atoms with Crippen LogP contribution in [0, 0.1) is 21.4 Å². The van der Waals surface area contributed by atoms with E-state index < -0.39 is 10.8 Å². The summed E-state index contributed by atoms with van der Waals surface area (Å²) in [5.41, 5.74) is -0.124. The van der Waals surface area contributed by atoms with Crippen molar-refractivity contribution in [2.75, 3.05) is 11.9 Å². The van der Waals surface area contributed by atoms with E-state index in [9.17, 15) is 14.9 Å². The van der Waals surface area contributed by atoms with Crippen molar-refractivity contribution in [3.8, 4) is 6.07 Å². The van der Waals surface area contributed by atoms with E-state index in [-0.39, 0.29) is 29.6 Å². The smallest absolute Gasteiger partial charge is 0.294 e. The van der Waals surface area contributed by atoms with Crippen molar-refractivity contribution in [1.29, 1.82) is 5.26 Å². The number of carbonyl (C=O) groups excluding carboxylic acids is 1. The maximum Gasteiger partial charge on any atom is 0.294 e. The number of anilines is 1. The molecule has 7 nitrogen and oxygen atoms in total. The zero-order valence-electron chi connectivity index (χ0n) is 10.5. The standard InChI is InChI=1S/C12H13N3O4/c1-8(2)19-7-12(16)14-10-4-3-9(6-13)5-11(10)15(17)18/h3-5,8H,7H2,1-2H3,(H,14,16). The lowest BCUT2D eigenvalue weighted by molar-refractivity contribution is -0.383. The molecule has 0 bridgehead atoms. The summed E-state index contributed by atoms with van der Waals surface area (Å²) >= 11 is 0. The predicted molar refractivity (Wildman–Crippen MR) is 67.5 cm³/mol. The van der Waals surface area contributed by atoms with Crippen molar-refractivity contribution >= 4 is 17.3 Å². The SMILES string of the molecule is CC(C)OCC(=O)Nc1ccc(C#N)cc1[N+](=O)[O-]. The van der Waals surface area contributed by atoms with E-state index in [1.54, 1.807) is 19.9 Å². The summed E-state index contributed by atoms with van der Waals surface area (Å²) in [4.78, 5) is 21.7. The zero-order chi connectivity index (χ0) is 14.4. The van der Waals surface area contributed by atoms with Crippen molar-refractivity contribution in [1.82, 2.24) is 0 Å². The van der Waals surface area contributed by atoms with E-state index in [1.807, 2.05) is 0 Å². The molecule has 1 amide bonds. The Bertz CT molecular complexity index is 534. The van der Waals surface area contributed by atoms with E-state index in [4.69, 9.17) is 10.00 Å². The molecular weight excluding hydrogens is 250 g/mol. The topological polar surface area (TPSA) is 105 Å². The normalized spacial score (nSPS) is 10.0. The Kier molecular flexibility index (Phi) is 4.97. The lowest BCUT2D eigenvalue weighted by Gasteiger charge is -2.08. The molecule has 0 spiro atoms. The number of ether oxygens (including phenoxy) is 1. The molecule has 1 aromatic rings. The minimum atomic E-state index is -0.653. The maximum atomic E-state index is 11.5. The van der Waals surface area contributed by atoms with Gasteiger partial charge in [0.2, 0.25) is 0 Å². The number of hydrogen-bond acceptors (Lipinski definition) is 5. The average Bonchev–Trinajstić information content (AvgIpc) is 2.36. The second-order valence-corrected chi connectivity index (χ2v) is 4.01. The molecule has 100 valence electrons. The molecule has 0 saturated carbocycles. The molecular formula is C12H13N3O4. The van der Waals surface area contributed by atoms with Crippen LogP contribution < -0.4 is 5.32 Å². The first-order valence-corrected chi connectivity index (χ1v) is 5.54. The molecule has 1 aromatic carbocycles. The second kappa shape index (κ2) is 6.47. The van der Waals surface area contributed by atoms with E-state index in [1.165, 1.54) is 12.1 Å². The van der Waals surface area contributed by atoms with Gasteiger partial charge < -0.3 is 10.1 Å². The van der Waals surface area contributed by atoms with E-state index in [2.05, 4.69) is 5.32 Å². The van der Waals surface area contributed by atoms with Crippen LogP contribution in [0.4, 0.5) is 11.4 Å². The van der Waals surface area contributed by atoms with Gasteiger partial charge in [0.1, 0.15) is 12.3 Å². The molecule has 0 fully saturated rings. The van der Waals surface area contributed by atoms with Gasteiger partial charge in [-0.15, -0.1) is 0 Å². The number of nitro groups is 1. The molecule has 0 aliphatic carbocycles. The summed E-state index contributed by atoms with van der Waals surface area (Å²) in [6.07, 6.45) is -0.110. The van der Waals surface area contributed by atoms with Gasteiger partial charge in [0.25, 0.3) is 11.6 Å². The van der Waals surface area contributed by atoms with Crippen molar-refractivity contribution in [2.24, 2.45) is 0 Å². The monoisotopic (exact) mass is 263 g/mol. The second-order valence-electron chi connectivity index (χ2n) is 4.01. The molecule has 0 unspecified atom stereocenters. The molecule has 7 heteroatoms. The Morgan fingerprint density at radius 3 is 2.79 bits per heavy atom. The minimum Gasteiger partial charge on any atom is -0.369 e. The summed E-state index contributed by atoms with van der Waals surface area (Å²) in [5.74, 6) is -0.485. The largest absolute Gasteiger partial charge is 0.369 e. The molecule has 0 aliphatic rings. The highest BCUT2D eigenvalue weighted by molar-refractivity contribution is 5.94. The number of carbonyl (C=O) groups is 1. The molecule has 1 N–H and O–H groups in total. The van der Waals surface area contributed by atoms with Crippen LogP contribution in [0.1, 0.15) is 19.4 Å². The maximum absolute atomic E-state index is 11.5. The molecule has 0 heterocycles.